The molecule has 0 spiro atoms. The van der Waals surface area contributed by atoms with Crippen LogP contribution in [0.3, 0.4) is 0 Å². The summed E-state index contributed by atoms with van der Waals surface area (Å²) >= 11 is 0. The third-order valence-electron chi connectivity index (χ3n) is 4.29. The lowest BCUT2D eigenvalue weighted by Crippen LogP contribution is -2.38. The van der Waals surface area contributed by atoms with Crippen molar-refractivity contribution in [1.82, 2.24) is 0 Å². The highest BCUT2D eigenvalue weighted by molar-refractivity contribution is 5.93. The van der Waals surface area contributed by atoms with E-state index in [4.69, 9.17) is 5.73 Å². The van der Waals surface area contributed by atoms with Crippen LogP contribution in [0.25, 0.3) is 10.8 Å². The van der Waals surface area contributed by atoms with Crippen molar-refractivity contribution in [1.29, 1.82) is 0 Å². The monoisotopic (exact) mass is 295 g/mol. The summed E-state index contributed by atoms with van der Waals surface area (Å²) in [6.07, 6.45) is 4.29. The van der Waals surface area contributed by atoms with Gasteiger partial charge >= 0.3 is 0 Å². The molecule has 1 unspecified atom stereocenters. The summed E-state index contributed by atoms with van der Waals surface area (Å²) in [5, 5.41) is 21.2. The molecule has 0 heterocycles. The number of benzene rings is 2. The van der Waals surface area contributed by atoms with Crippen LogP contribution in [0, 0.1) is 0 Å². The van der Waals surface area contributed by atoms with Gasteiger partial charge in [0.05, 0.1) is 0 Å². The Morgan fingerprint density at radius 3 is 2.50 bits per heavy atom. The number of nitrogens with two attached hydrogens (primary N) is 1. The molecule has 1 fully saturated rings. The Morgan fingerprint density at radius 1 is 1.09 bits per heavy atom. The molecule has 0 aliphatic heterocycles. The maximum atomic E-state index is 10.8. The van der Waals surface area contributed by atoms with Crippen molar-refractivity contribution >= 4 is 22.3 Å². The number of fused-ring (bicyclic) bond motifs is 1. The van der Waals surface area contributed by atoms with Gasteiger partial charge in [0.1, 0.15) is 5.60 Å². The lowest BCUT2D eigenvalue weighted by molar-refractivity contribution is 0.131. The molecule has 22 heavy (non-hydrogen) atoms. The fraction of sp³-hybridized carbons (Fsp3) is 0.333. The smallest absolute Gasteiger partial charge is 0.158 e. The van der Waals surface area contributed by atoms with Crippen LogP contribution >= 0.6 is 0 Å². The van der Waals surface area contributed by atoms with E-state index in [2.05, 4.69) is 10.2 Å². The van der Waals surface area contributed by atoms with E-state index in [-0.39, 0.29) is 5.84 Å². The zero-order chi connectivity index (χ0) is 15.6. The zero-order valence-electron chi connectivity index (χ0n) is 12.8. The van der Waals surface area contributed by atoms with Gasteiger partial charge in [-0.1, -0.05) is 36.4 Å². The summed E-state index contributed by atoms with van der Waals surface area (Å²) in [7, 11) is 0. The van der Waals surface area contributed by atoms with Gasteiger partial charge in [-0.3, -0.25) is 0 Å². The van der Waals surface area contributed by atoms with Gasteiger partial charge in [-0.15, -0.1) is 5.10 Å². The van der Waals surface area contributed by atoms with Crippen molar-refractivity contribution in [3.8, 4) is 0 Å². The molecule has 0 saturated heterocycles. The van der Waals surface area contributed by atoms with Crippen LogP contribution in [0.5, 0.6) is 0 Å². The standard InChI is InChI=1S/C18H21N3O/c1-18(22,17(19)21-20-16-8-4-5-9-16)15-11-10-13-6-2-3-7-14(13)12-15/h2-3,6-7,10-12,22H,4-5,8-9H2,1H3,(H2,19,21). The number of rotatable bonds is 3. The van der Waals surface area contributed by atoms with Crippen LogP contribution in [-0.4, -0.2) is 16.7 Å². The van der Waals surface area contributed by atoms with Crippen molar-refractivity contribution in [2.45, 2.75) is 38.2 Å². The fourth-order valence-electron chi connectivity index (χ4n) is 2.75. The van der Waals surface area contributed by atoms with E-state index in [0.29, 0.717) is 0 Å². The third kappa shape index (κ3) is 2.88. The molecule has 1 saturated carbocycles. The minimum absolute atomic E-state index is 0.127. The van der Waals surface area contributed by atoms with Gasteiger partial charge in [-0.2, -0.15) is 5.10 Å². The predicted octanol–water partition coefficient (Wildman–Crippen LogP) is 3.33. The Kier molecular flexibility index (Phi) is 3.94. The first-order valence-corrected chi connectivity index (χ1v) is 7.68. The summed E-state index contributed by atoms with van der Waals surface area (Å²) in [6, 6.07) is 13.8. The number of aliphatic hydroxyl groups is 1. The average Bonchev–Trinajstić information content (AvgIpc) is 3.05. The van der Waals surface area contributed by atoms with Crippen LogP contribution < -0.4 is 5.73 Å². The van der Waals surface area contributed by atoms with E-state index in [9.17, 15) is 5.11 Å². The van der Waals surface area contributed by atoms with E-state index in [1.807, 2.05) is 42.5 Å². The summed E-state index contributed by atoms with van der Waals surface area (Å²) in [6.45, 7) is 1.66. The summed E-state index contributed by atoms with van der Waals surface area (Å²) in [5.74, 6) is 0.127. The summed E-state index contributed by atoms with van der Waals surface area (Å²) in [5.41, 5.74) is 6.46. The Bertz CT molecular complexity index is 739. The Hall–Kier alpha value is -2.20. The Morgan fingerprint density at radius 2 is 1.77 bits per heavy atom. The maximum absolute atomic E-state index is 10.8. The van der Waals surface area contributed by atoms with Gasteiger partial charge in [0.25, 0.3) is 0 Å². The molecule has 2 aromatic carbocycles. The minimum Gasteiger partial charge on any atom is -0.383 e. The van der Waals surface area contributed by atoms with Gasteiger partial charge in [0, 0.05) is 5.71 Å². The Labute approximate surface area is 130 Å². The highest BCUT2D eigenvalue weighted by Crippen LogP contribution is 2.25. The molecular weight excluding hydrogens is 274 g/mol. The molecule has 4 heteroatoms. The first-order chi connectivity index (χ1) is 10.6. The van der Waals surface area contributed by atoms with Crippen molar-refractivity contribution < 1.29 is 5.11 Å². The molecule has 0 radical (unpaired) electrons. The molecule has 2 aromatic rings. The van der Waals surface area contributed by atoms with E-state index in [0.717, 1.165) is 47.7 Å². The molecule has 114 valence electrons. The number of amidine groups is 1. The lowest BCUT2D eigenvalue weighted by atomic mass is 9.93. The molecule has 1 aliphatic carbocycles. The first kappa shape index (κ1) is 14.7. The molecule has 3 rings (SSSR count). The summed E-state index contributed by atoms with van der Waals surface area (Å²) in [4.78, 5) is 0. The normalized spacial score (nSPS) is 18.5. The summed E-state index contributed by atoms with van der Waals surface area (Å²) < 4.78 is 0. The predicted molar refractivity (Wildman–Crippen MR) is 91.0 cm³/mol. The van der Waals surface area contributed by atoms with Gasteiger partial charge in [-0.25, -0.2) is 0 Å². The van der Waals surface area contributed by atoms with Gasteiger partial charge in [0.2, 0.25) is 0 Å². The van der Waals surface area contributed by atoms with E-state index < -0.39 is 5.60 Å². The van der Waals surface area contributed by atoms with Crippen LogP contribution in [0.4, 0.5) is 0 Å². The van der Waals surface area contributed by atoms with Crippen LogP contribution in [0.1, 0.15) is 38.2 Å². The van der Waals surface area contributed by atoms with E-state index >= 15 is 0 Å². The van der Waals surface area contributed by atoms with Crippen molar-refractivity contribution in [2.24, 2.45) is 15.9 Å². The Balaban J connectivity index is 1.92. The first-order valence-electron chi connectivity index (χ1n) is 7.68. The SMILES string of the molecule is CC(O)(/C(N)=N/N=C1CCCC1)c1ccc2ccccc2c1. The van der Waals surface area contributed by atoms with E-state index in [1.54, 1.807) is 6.92 Å². The molecule has 0 amide bonds. The number of nitrogens with zero attached hydrogens (tertiary/aromatic N) is 2. The van der Waals surface area contributed by atoms with E-state index in [1.165, 1.54) is 0 Å². The third-order valence-corrected chi connectivity index (χ3v) is 4.29. The average molecular weight is 295 g/mol. The van der Waals surface area contributed by atoms with Gasteiger partial charge in [0.15, 0.2) is 5.84 Å². The second-order valence-electron chi connectivity index (χ2n) is 5.99. The van der Waals surface area contributed by atoms with Crippen LogP contribution in [0.15, 0.2) is 52.7 Å². The highest BCUT2D eigenvalue weighted by atomic mass is 16.3. The van der Waals surface area contributed by atoms with Crippen molar-refractivity contribution in [3.63, 3.8) is 0 Å². The second-order valence-corrected chi connectivity index (χ2v) is 5.99. The molecule has 0 bridgehead atoms. The second kappa shape index (κ2) is 5.89. The highest BCUT2D eigenvalue weighted by Gasteiger charge is 2.28. The molecule has 3 N–H and O–H groups in total. The van der Waals surface area contributed by atoms with Crippen LogP contribution in [-0.2, 0) is 5.60 Å². The van der Waals surface area contributed by atoms with Gasteiger partial charge in [-0.05, 0) is 55.0 Å². The molecule has 1 aliphatic rings. The largest absolute Gasteiger partial charge is 0.383 e. The fourth-order valence-corrected chi connectivity index (χ4v) is 2.75. The maximum Gasteiger partial charge on any atom is 0.158 e. The molecular formula is C18H21N3O. The van der Waals surface area contributed by atoms with Crippen LogP contribution in [0.2, 0.25) is 0 Å². The number of hydrogen-bond donors (Lipinski definition) is 2. The molecule has 4 nitrogen and oxygen atoms in total. The van der Waals surface area contributed by atoms with Crippen molar-refractivity contribution in [3.05, 3.63) is 48.0 Å². The topological polar surface area (TPSA) is 71.0 Å². The minimum atomic E-state index is -1.33. The number of hydrogen-bond acceptors (Lipinski definition) is 3. The van der Waals surface area contributed by atoms with Gasteiger partial charge < -0.3 is 10.8 Å². The zero-order valence-corrected chi connectivity index (χ0v) is 12.8. The molecule has 0 aromatic heterocycles. The quantitative estimate of drug-likeness (QED) is 0.518. The van der Waals surface area contributed by atoms with Crippen molar-refractivity contribution in [2.75, 3.05) is 0 Å². The lowest BCUT2D eigenvalue weighted by Gasteiger charge is -2.22. The molecule has 1 atom stereocenters.